The summed E-state index contributed by atoms with van der Waals surface area (Å²) in [4.78, 5) is 11.6. The van der Waals surface area contributed by atoms with Gasteiger partial charge in [0.1, 0.15) is 0 Å². The van der Waals surface area contributed by atoms with Gasteiger partial charge >= 0.3 is 0 Å². The second-order valence-electron chi connectivity index (χ2n) is 3.15. The summed E-state index contributed by atoms with van der Waals surface area (Å²) in [6, 6.07) is 8.94. The minimum atomic E-state index is -0.0534. The Bertz CT molecular complexity index is 448. The van der Waals surface area contributed by atoms with E-state index in [9.17, 15) is 4.79 Å². The number of rotatable bonds is 2. The fourth-order valence-corrected chi connectivity index (χ4v) is 1.40. The Morgan fingerprint density at radius 3 is 2.67 bits per heavy atom. The molecule has 0 fully saturated rings. The van der Waals surface area contributed by atoms with Crippen molar-refractivity contribution < 1.29 is 4.79 Å². The number of hydrogen-bond donors (Lipinski definition) is 0. The predicted octanol–water partition coefficient (Wildman–Crippen LogP) is 2.42. The van der Waals surface area contributed by atoms with Gasteiger partial charge in [-0.2, -0.15) is 5.10 Å². The SMILES string of the molecule is O=C(Cc1ccc(Cl)cc1)n1cccn1. The molecule has 76 valence electrons. The zero-order valence-corrected chi connectivity index (χ0v) is 8.69. The lowest BCUT2D eigenvalue weighted by atomic mass is 10.1. The molecule has 0 aliphatic carbocycles. The topological polar surface area (TPSA) is 34.9 Å². The Morgan fingerprint density at radius 2 is 2.07 bits per heavy atom. The average Bonchev–Trinajstić information content (AvgIpc) is 2.74. The molecule has 0 saturated carbocycles. The first-order valence-corrected chi connectivity index (χ1v) is 4.91. The third-order valence-corrected chi connectivity index (χ3v) is 2.28. The van der Waals surface area contributed by atoms with E-state index >= 15 is 0 Å². The van der Waals surface area contributed by atoms with E-state index in [-0.39, 0.29) is 5.91 Å². The van der Waals surface area contributed by atoms with Crippen LogP contribution in [0.3, 0.4) is 0 Å². The summed E-state index contributed by atoms with van der Waals surface area (Å²) in [6.45, 7) is 0. The van der Waals surface area contributed by atoms with Crippen molar-refractivity contribution in [3.05, 3.63) is 53.3 Å². The molecule has 4 heteroatoms. The lowest BCUT2D eigenvalue weighted by Crippen LogP contribution is -2.13. The van der Waals surface area contributed by atoms with Crippen LogP contribution < -0.4 is 0 Å². The first kappa shape index (κ1) is 9.93. The molecular formula is C11H9ClN2O. The molecule has 15 heavy (non-hydrogen) atoms. The van der Waals surface area contributed by atoms with Gasteiger partial charge in [0.2, 0.25) is 0 Å². The number of carbonyl (C=O) groups is 1. The van der Waals surface area contributed by atoms with Crippen LogP contribution in [0.15, 0.2) is 42.7 Å². The molecule has 0 bridgehead atoms. The standard InChI is InChI=1S/C11H9ClN2O/c12-10-4-2-9(3-5-10)8-11(15)14-7-1-6-13-14/h1-7H,8H2. The smallest absolute Gasteiger partial charge is 0.251 e. The van der Waals surface area contributed by atoms with Crippen LogP contribution in [0.2, 0.25) is 5.02 Å². The Balaban J connectivity index is 2.09. The predicted molar refractivity (Wildman–Crippen MR) is 58.0 cm³/mol. The lowest BCUT2D eigenvalue weighted by Gasteiger charge is -2.00. The van der Waals surface area contributed by atoms with Crippen molar-refractivity contribution in [1.29, 1.82) is 0 Å². The molecule has 1 heterocycles. The Morgan fingerprint density at radius 1 is 1.33 bits per heavy atom. The third kappa shape index (κ3) is 2.44. The largest absolute Gasteiger partial charge is 0.272 e. The average molecular weight is 221 g/mol. The second-order valence-corrected chi connectivity index (χ2v) is 3.58. The van der Waals surface area contributed by atoms with Crippen molar-refractivity contribution >= 4 is 17.5 Å². The van der Waals surface area contributed by atoms with E-state index in [0.717, 1.165) is 5.56 Å². The number of benzene rings is 1. The highest BCUT2D eigenvalue weighted by molar-refractivity contribution is 6.30. The Labute approximate surface area is 92.3 Å². The van der Waals surface area contributed by atoms with E-state index in [1.54, 1.807) is 30.6 Å². The van der Waals surface area contributed by atoms with Gasteiger partial charge in [-0.25, -0.2) is 4.68 Å². The van der Waals surface area contributed by atoms with Gasteiger partial charge in [-0.3, -0.25) is 4.79 Å². The van der Waals surface area contributed by atoms with E-state index in [2.05, 4.69) is 5.10 Å². The number of halogens is 1. The highest BCUT2D eigenvalue weighted by atomic mass is 35.5. The van der Waals surface area contributed by atoms with Gasteiger partial charge in [0, 0.05) is 17.4 Å². The maximum absolute atomic E-state index is 11.6. The fraction of sp³-hybridized carbons (Fsp3) is 0.0909. The van der Waals surface area contributed by atoms with Crippen LogP contribution >= 0.6 is 11.6 Å². The maximum atomic E-state index is 11.6. The quantitative estimate of drug-likeness (QED) is 0.779. The molecule has 0 N–H and O–H groups in total. The van der Waals surface area contributed by atoms with Gasteiger partial charge in [-0.15, -0.1) is 0 Å². The van der Waals surface area contributed by atoms with Crippen molar-refractivity contribution in [3.63, 3.8) is 0 Å². The molecule has 0 spiro atoms. The van der Waals surface area contributed by atoms with Gasteiger partial charge in [0.05, 0.1) is 6.42 Å². The van der Waals surface area contributed by atoms with E-state index < -0.39 is 0 Å². The first-order valence-electron chi connectivity index (χ1n) is 4.53. The third-order valence-electron chi connectivity index (χ3n) is 2.03. The van der Waals surface area contributed by atoms with Crippen molar-refractivity contribution in [3.8, 4) is 0 Å². The lowest BCUT2D eigenvalue weighted by molar-refractivity contribution is 0.0898. The van der Waals surface area contributed by atoms with E-state index in [1.807, 2.05) is 12.1 Å². The normalized spacial score (nSPS) is 10.2. The summed E-state index contributed by atoms with van der Waals surface area (Å²) in [7, 11) is 0. The van der Waals surface area contributed by atoms with Crippen molar-refractivity contribution in [2.45, 2.75) is 6.42 Å². The van der Waals surface area contributed by atoms with E-state index in [1.165, 1.54) is 4.68 Å². The Kier molecular flexibility index (Phi) is 2.83. The molecule has 3 nitrogen and oxygen atoms in total. The van der Waals surface area contributed by atoms with Crippen LogP contribution in [0, 0.1) is 0 Å². The molecule has 1 aromatic carbocycles. The molecule has 0 unspecified atom stereocenters. The van der Waals surface area contributed by atoms with Gasteiger partial charge < -0.3 is 0 Å². The number of carbonyl (C=O) groups excluding carboxylic acids is 1. The minimum Gasteiger partial charge on any atom is -0.272 e. The zero-order valence-electron chi connectivity index (χ0n) is 7.93. The summed E-state index contributed by atoms with van der Waals surface area (Å²) in [5.74, 6) is -0.0534. The first-order chi connectivity index (χ1) is 7.25. The molecule has 1 aromatic heterocycles. The van der Waals surface area contributed by atoms with E-state index in [0.29, 0.717) is 11.4 Å². The van der Waals surface area contributed by atoms with Gasteiger partial charge in [-0.1, -0.05) is 23.7 Å². The number of nitrogens with zero attached hydrogens (tertiary/aromatic N) is 2. The molecular weight excluding hydrogens is 212 g/mol. The van der Waals surface area contributed by atoms with Crippen LogP contribution in [0.5, 0.6) is 0 Å². The fourth-order valence-electron chi connectivity index (χ4n) is 1.27. The Hall–Kier alpha value is -1.61. The molecule has 0 atom stereocenters. The summed E-state index contributed by atoms with van der Waals surface area (Å²) in [5, 5.41) is 4.54. The summed E-state index contributed by atoms with van der Waals surface area (Å²) >= 11 is 5.75. The van der Waals surface area contributed by atoms with Crippen LogP contribution in [0.4, 0.5) is 0 Å². The minimum absolute atomic E-state index is 0.0534. The highest BCUT2D eigenvalue weighted by Crippen LogP contribution is 2.10. The molecule has 2 rings (SSSR count). The van der Waals surface area contributed by atoms with Gasteiger partial charge in [0.15, 0.2) is 0 Å². The molecule has 0 amide bonds. The van der Waals surface area contributed by atoms with Gasteiger partial charge in [0.25, 0.3) is 5.91 Å². The van der Waals surface area contributed by atoms with Crippen LogP contribution in [-0.4, -0.2) is 15.7 Å². The van der Waals surface area contributed by atoms with Gasteiger partial charge in [-0.05, 0) is 23.8 Å². The molecule has 2 aromatic rings. The molecule has 0 saturated heterocycles. The summed E-state index contributed by atoms with van der Waals surface area (Å²) in [6.07, 6.45) is 3.55. The molecule has 0 aliphatic rings. The zero-order chi connectivity index (χ0) is 10.7. The van der Waals surface area contributed by atoms with Crippen LogP contribution in [0.1, 0.15) is 10.4 Å². The monoisotopic (exact) mass is 220 g/mol. The number of aromatic nitrogens is 2. The maximum Gasteiger partial charge on any atom is 0.251 e. The second kappa shape index (κ2) is 4.28. The van der Waals surface area contributed by atoms with Crippen molar-refractivity contribution in [2.75, 3.05) is 0 Å². The highest BCUT2D eigenvalue weighted by Gasteiger charge is 2.05. The van der Waals surface area contributed by atoms with Crippen LogP contribution in [0.25, 0.3) is 0 Å². The van der Waals surface area contributed by atoms with E-state index in [4.69, 9.17) is 11.6 Å². The van der Waals surface area contributed by atoms with Crippen molar-refractivity contribution in [1.82, 2.24) is 9.78 Å². The number of hydrogen-bond acceptors (Lipinski definition) is 2. The van der Waals surface area contributed by atoms with Crippen molar-refractivity contribution in [2.24, 2.45) is 0 Å². The molecule has 0 aliphatic heterocycles. The van der Waals surface area contributed by atoms with Crippen LogP contribution in [-0.2, 0) is 6.42 Å². The molecule has 0 radical (unpaired) electrons. The summed E-state index contributed by atoms with van der Waals surface area (Å²) in [5.41, 5.74) is 0.930. The summed E-state index contributed by atoms with van der Waals surface area (Å²) < 4.78 is 1.33.